The Kier molecular flexibility index (Phi) is 28.5. The predicted molar refractivity (Wildman–Crippen MR) is 217 cm³/mol. The van der Waals surface area contributed by atoms with E-state index in [1.54, 1.807) is 0 Å². The number of hydrogen-bond acceptors (Lipinski definition) is 13. The molecule has 0 amide bonds. The van der Waals surface area contributed by atoms with Crippen LogP contribution >= 0.6 is 0 Å². The first-order chi connectivity index (χ1) is 27.6. The number of hydrogen-bond donors (Lipinski definition) is 6. The van der Waals surface area contributed by atoms with Crippen LogP contribution in [-0.4, -0.2) is 117 Å². The molecule has 336 valence electrons. The molecule has 2 aliphatic heterocycles. The fraction of sp³-hybridized carbons (Fsp3) is 0.955. The highest BCUT2D eigenvalue weighted by atomic mass is 16.8. The monoisotopic (exact) mass is 819 g/mol. The third-order valence-corrected chi connectivity index (χ3v) is 11.5. The lowest BCUT2D eigenvalue weighted by Gasteiger charge is -2.43. The van der Waals surface area contributed by atoms with Gasteiger partial charge in [-0.05, 0) is 12.8 Å². The average molecular weight is 819 g/mol. The number of aliphatic hydroxyl groups excluding tert-OH is 6. The van der Waals surface area contributed by atoms with Crippen molar-refractivity contribution in [3.05, 3.63) is 0 Å². The molecule has 2 fully saturated rings. The van der Waals surface area contributed by atoms with Gasteiger partial charge in [-0.2, -0.15) is 0 Å². The molecular weight excluding hydrogens is 736 g/mol. The molecule has 0 aromatic carbocycles. The molecule has 0 aromatic heterocycles. The highest BCUT2D eigenvalue weighted by Crippen LogP contribution is 2.36. The van der Waals surface area contributed by atoms with Gasteiger partial charge < -0.3 is 54.3 Å². The van der Waals surface area contributed by atoms with Crippen molar-refractivity contribution in [1.29, 1.82) is 0 Å². The highest BCUT2D eigenvalue weighted by molar-refractivity contribution is 5.69. The molecule has 2 aliphatic rings. The van der Waals surface area contributed by atoms with Crippen molar-refractivity contribution in [3.63, 3.8) is 0 Å². The second-order valence-corrected chi connectivity index (χ2v) is 16.5. The van der Waals surface area contributed by atoms with Crippen molar-refractivity contribution >= 4 is 11.9 Å². The largest absolute Gasteiger partial charge is 0.463 e. The van der Waals surface area contributed by atoms with Crippen LogP contribution in [0.25, 0.3) is 0 Å². The van der Waals surface area contributed by atoms with Crippen molar-refractivity contribution in [1.82, 2.24) is 0 Å². The van der Waals surface area contributed by atoms with Crippen molar-refractivity contribution < 1.29 is 63.9 Å². The van der Waals surface area contributed by atoms with Crippen molar-refractivity contribution in [3.8, 4) is 0 Å². The Hall–Kier alpha value is -1.42. The number of aliphatic hydroxyl groups is 6. The van der Waals surface area contributed by atoms with E-state index in [4.69, 9.17) is 23.7 Å². The van der Waals surface area contributed by atoms with Gasteiger partial charge in [0, 0.05) is 12.8 Å². The summed E-state index contributed by atoms with van der Waals surface area (Å²) in [6.07, 6.45) is 17.9. The Morgan fingerprint density at radius 3 is 1.25 bits per heavy atom. The number of esters is 2. The van der Waals surface area contributed by atoms with E-state index in [0.717, 1.165) is 38.5 Å². The maximum Gasteiger partial charge on any atom is 0.305 e. The Balaban J connectivity index is 1.67. The lowest BCUT2D eigenvalue weighted by atomic mass is 9.99. The zero-order chi connectivity index (χ0) is 41.7. The minimum atomic E-state index is -2.32. The first-order valence-electron chi connectivity index (χ1n) is 22.9. The summed E-state index contributed by atoms with van der Waals surface area (Å²) in [5, 5.41) is 63.6. The van der Waals surface area contributed by atoms with E-state index in [1.807, 2.05) is 0 Å². The van der Waals surface area contributed by atoms with Crippen LogP contribution in [0.3, 0.4) is 0 Å². The van der Waals surface area contributed by atoms with Crippen molar-refractivity contribution in [2.45, 2.75) is 248 Å². The van der Waals surface area contributed by atoms with Crippen LogP contribution in [0.4, 0.5) is 0 Å². The Bertz CT molecular complexity index is 1020. The predicted octanol–water partition coefficient (Wildman–Crippen LogP) is 6.67. The topological polar surface area (TPSA) is 202 Å². The molecule has 0 aromatic rings. The van der Waals surface area contributed by atoms with Gasteiger partial charge in [-0.3, -0.25) is 9.59 Å². The van der Waals surface area contributed by atoms with Crippen LogP contribution in [0.2, 0.25) is 0 Å². The van der Waals surface area contributed by atoms with E-state index in [2.05, 4.69) is 13.8 Å². The molecule has 9 atom stereocenters. The fourth-order valence-corrected chi connectivity index (χ4v) is 7.67. The highest BCUT2D eigenvalue weighted by Gasteiger charge is 2.58. The number of ether oxygens (including phenoxy) is 5. The van der Waals surface area contributed by atoms with E-state index in [0.29, 0.717) is 12.8 Å². The Labute approximate surface area is 343 Å². The van der Waals surface area contributed by atoms with Gasteiger partial charge in [-0.15, -0.1) is 0 Å². The second-order valence-electron chi connectivity index (χ2n) is 16.5. The van der Waals surface area contributed by atoms with E-state index < -0.39 is 86.6 Å². The van der Waals surface area contributed by atoms with E-state index >= 15 is 0 Å². The quantitative estimate of drug-likeness (QED) is 0.0293. The van der Waals surface area contributed by atoms with Crippen LogP contribution in [0.5, 0.6) is 0 Å². The summed E-state index contributed by atoms with van der Waals surface area (Å²) in [4.78, 5) is 24.9. The van der Waals surface area contributed by atoms with E-state index in [-0.39, 0.29) is 12.8 Å². The fourth-order valence-electron chi connectivity index (χ4n) is 7.67. The van der Waals surface area contributed by atoms with Gasteiger partial charge in [-0.1, -0.05) is 168 Å². The molecule has 13 nitrogen and oxygen atoms in total. The van der Waals surface area contributed by atoms with Gasteiger partial charge >= 0.3 is 11.9 Å². The number of carbonyl (C=O) groups is 2. The number of rotatable bonds is 35. The van der Waals surface area contributed by atoms with Gasteiger partial charge in [0.2, 0.25) is 5.79 Å². The molecule has 0 bridgehead atoms. The van der Waals surface area contributed by atoms with Crippen LogP contribution in [0, 0.1) is 0 Å². The molecule has 2 saturated heterocycles. The first-order valence-corrected chi connectivity index (χ1v) is 22.9. The summed E-state index contributed by atoms with van der Waals surface area (Å²) >= 11 is 0. The number of unbranched alkanes of at least 4 members (excludes halogenated alkanes) is 24. The normalized spacial score (nSPS) is 27.5. The van der Waals surface area contributed by atoms with Crippen LogP contribution in [0.15, 0.2) is 0 Å². The molecular formula is C44H82O13. The van der Waals surface area contributed by atoms with Crippen molar-refractivity contribution in [2.75, 3.05) is 19.8 Å². The van der Waals surface area contributed by atoms with E-state index in [9.17, 15) is 40.2 Å². The molecule has 2 heterocycles. The molecule has 0 saturated carbocycles. The summed E-state index contributed by atoms with van der Waals surface area (Å²) in [6, 6.07) is 0. The summed E-state index contributed by atoms with van der Waals surface area (Å²) in [7, 11) is 0. The van der Waals surface area contributed by atoms with Gasteiger partial charge in [-0.25, -0.2) is 0 Å². The summed E-state index contributed by atoms with van der Waals surface area (Å²) in [6.45, 7) is 2.59. The second kappa shape index (κ2) is 31.5. The van der Waals surface area contributed by atoms with E-state index in [1.165, 1.54) is 116 Å². The van der Waals surface area contributed by atoms with Gasteiger partial charge in [0.15, 0.2) is 6.29 Å². The molecule has 0 radical (unpaired) electrons. The average Bonchev–Trinajstić information content (AvgIpc) is 3.44. The van der Waals surface area contributed by atoms with Gasteiger partial charge in [0.1, 0.15) is 62.5 Å². The zero-order valence-electron chi connectivity index (χ0n) is 35.6. The first kappa shape index (κ1) is 51.7. The van der Waals surface area contributed by atoms with Gasteiger partial charge in [0.25, 0.3) is 0 Å². The summed E-state index contributed by atoms with van der Waals surface area (Å²) < 4.78 is 27.6. The van der Waals surface area contributed by atoms with Crippen molar-refractivity contribution in [2.24, 2.45) is 0 Å². The third-order valence-electron chi connectivity index (χ3n) is 11.5. The molecule has 6 N–H and O–H groups in total. The molecule has 0 spiro atoms. The lowest BCUT2D eigenvalue weighted by molar-refractivity contribution is -0.383. The van der Waals surface area contributed by atoms with Crippen LogP contribution in [-0.2, 0) is 33.3 Å². The Morgan fingerprint density at radius 2 is 0.860 bits per heavy atom. The van der Waals surface area contributed by atoms with Gasteiger partial charge in [0.05, 0.1) is 0 Å². The smallest absolute Gasteiger partial charge is 0.305 e. The Morgan fingerprint density at radius 1 is 0.491 bits per heavy atom. The molecule has 13 heteroatoms. The summed E-state index contributed by atoms with van der Waals surface area (Å²) in [5.41, 5.74) is 0. The zero-order valence-corrected chi connectivity index (χ0v) is 35.6. The van der Waals surface area contributed by atoms with Crippen LogP contribution < -0.4 is 0 Å². The maximum atomic E-state index is 12.4. The summed E-state index contributed by atoms with van der Waals surface area (Å²) in [5.74, 6) is -3.31. The molecule has 0 unspecified atom stereocenters. The standard InChI is InChI=1S/C44H82O13/c1-3-5-7-9-11-13-15-17-19-21-23-25-27-29-36(46)53-31-34-38(48)40(50)41(51)43(55-34)57-44(33-45)42(52)39(49)35(56-44)32-54-37(47)30-28-26-24-22-20-18-16-14-12-10-8-6-4-2/h34-35,38-43,45,48-52H,3-33H2,1-2H3/t34-,35-,38-,39-,40+,41-,42+,43-,44+/m1/s1. The number of carbonyl (C=O) groups excluding carboxylic acids is 2. The molecule has 57 heavy (non-hydrogen) atoms. The van der Waals surface area contributed by atoms with Crippen LogP contribution in [0.1, 0.15) is 194 Å². The molecule has 0 aliphatic carbocycles. The minimum absolute atomic E-state index is 0.183. The maximum absolute atomic E-state index is 12.4. The SMILES string of the molecule is CCCCCCCCCCCCCCCC(=O)OC[C@H]1O[C@@](CO)(O[C@H]2O[C@H](COC(=O)CCCCCCCCCCCCCCC)[C@@H](O)[C@H](O)[C@H]2O)[C@@H](O)[C@@H]1O. The third kappa shape index (κ3) is 20.6. The lowest BCUT2D eigenvalue weighted by Crippen LogP contribution is -2.62. The molecule has 2 rings (SSSR count). The minimum Gasteiger partial charge on any atom is -0.463 e.